The number of nitrogens with zero attached hydrogens (tertiary/aromatic N) is 5. The number of carbonyl (C=O) groups excluding carboxylic acids is 2. The average Bonchev–Trinajstić information content (AvgIpc) is 3.31. The van der Waals surface area contributed by atoms with Crippen LogP contribution in [0.5, 0.6) is 0 Å². The summed E-state index contributed by atoms with van der Waals surface area (Å²) in [4.78, 5) is 42.1. The number of benzene rings is 1. The number of rotatable bonds is 7. The van der Waals surface area contributed by atoms with E-state index in [0.29, 0.717) is 47.6 Å². The lowest BCUT2D eigenvalue weighted by Gasteiger charge is -2.16. The van der Waals surface area contributed by atoms with Crippen LogP contribution in [0.4, 0.5) is 14.3 Å². The van der Waals surface area contributed by atoms with E-state index in [-0.39, 0.29) is 24.1 Å². The van der Waals surface area contributed by atoms with Gasteiger partial charge >= 0.3 is 6.03 Å². The Labute approximate surface area is 177 Å². The molecular weight excluding hydrogens is 405 g/mol. The number of hydrogen-bond acceptors (Lipinski definition) is 6. The summed E-state index contributed by atoms with van der Waals surface area (Å²) in [6.07, 6.45) is 4.05. The summed E-state index contributed by atoms with van der Waals surface area (Å²) in [5.41, 5.74) is 1.49. The van der Waals surface area contributed by atoms with Gasteiger partial charge in [-0.05, 0) is 30.7 Å². The molecule has 1 aliphatic rings. The van der Waals surface area contributed by atoms with Crippen molar-refractivity contribution >= 4 is 28.3 Å². The topological polar surface area (TPSA) is 79.3 Å². The fraction of sp³-hybridized carbons (Fsp3) is 0.286. The molecule has 0 unspecified atom stereocenters. The van der Waals surface area contributed by atoms with Crippen molar-refractivity contribution in [1.29, 1.82) is 0 Å². The van der Waals surface area contributed by atoms with Crippen LogP contribution in [0.2, 0.25) is 0 Å². The molecule has 7 nitrogen and oxygen atoms in total. The van der Waals surface area contributed by atoms with Crippen molar-refractivity contribution in [3.8, 4) is 0 Å². The van der Waals surface area contributed by atoms with Crippen LogP contribution in [0, 0.1) is 12.7 Å². The van der Waals surface area contributed by atoms with Gasteiger partial charge in [-0.15, -0.1) is 0 Å². The third-order valence-electron chi connectivity index (χ3n) is 4.85. The highest BCUT2D eigenvalue weighted by atomic mass is 32.1. The first kappa shape index (κ1) is 20.1. The quantitative estimate of drug-likeness (QED) is 0.540. The molecule has 0 aliphatic carbocycles. The summed E-state index contributed by atoms with van der Waals surface area (Å²) >= 11 is 1.24. The lowest BCUT2D eigenvalue weighted by atomic mass is 10.1. The van der Waals surface area contributed by atoms with E-state index in [9.17, 15) is 14.0 Å². The molecule has 2 aromatic heterocycles. The molecule has 1 saturated heterocycles. The van der Waals surface area contributed by atoms with Gasteiger partial charge in [-0.2, -0.15) is 0 Å². The number of ketones is 1. The van der Waals surface area contributed by atoms with Gasteiger partial charge in [-0.3, -0.25) is 9.69 Å². The van der Waals surface area contributed by atoms with Crippen LogP contribution in [0.1, 0.15) is 33.2 Å². The molecule has 0 spiro atoms. The number of urea groups is 1. The third kappa shape index (κ3) is 4.35. The first-order valence-electron chi connectivity index (χ1n) is 9.58. The summed E-state index contributed by atoms with van der Waals surface area (Å²) in [7, 11) is 0. The van der Waals surface area contributed by atoms with Crippen LogP contribution >= 0.6 is 11.3 Å². The summed E-state index contributed by atoms with van der Waals surface area (Å²) in [5, 5.41) is 0.526. The van der Waals surface area contributed by atoms with Gasteiger partial charge in [0.25, 0.3) is 0 Å². The van der Waals surface area contributed by atoms with E-state index in [1.54, 1.807) is 47.3 Å². The molecule has 0 saturated carbocycles. The number of carbonyl (C=O) groups is 2. The number of hydrogen-bond donors (Lipinski definition) is 0. The van der Waals surface area contributed by atoms with Crippen molar-refractivity contribution in [2.45, 2.75) is 26.3 Å². The first-order valence-corrected chi connectivity index (χ1v) is 10.4. The van der Waals surface area contributed by atoms with Crippen molar-refractivity contribution in [2.24, 2.45) is 0 Å². The molecule has 154 valence electrons. The first-order chi connectivity index (χ1) is 14.5. The van der Waals surface area contributed by atoms with Gasteiger partial charge < -0.3 is 4.90 Å². The number of Topliss-reactive ketones (excluding diaryl/α,β-unsaturated/α-hetero) is 1. The summed E-state index contributed by atoms with van der Waals surface area (Å²) in [6.45, 7) is 3.23. The maximum Gasteiger partial charge on any atom is 0.326 e. The highest BCUT2D eigenvalue weighted by Crippen LogP contribution is 2.30. The molecule has 4 rings (SSSR count). The molecule has 9 heteroatoms. The minimum atomic E-state index is -0.303. The molecule has 0 bridgehead atoms. The highest BCUT2D eigenvalue weighted by molar-refractivity contribution is 7.17. The fourth-order valence-corrected chi connectivity index (χ4v) is 4.33. The predicted molar refractivity (Wildman–Crippen MR) is 111 cm³/mol. The number of anilines is 1. The van der Waals surface area contributed by atoms with Gasteiger partial charge in [0, 0.05) is 44.9 Å². The van der Waals surface area contributed by atoms with Crippen molar-refractivity contribution in [2.75, 3.05) is 18.0 Å². The maximum absolute atomic E-state index is 13.1. The minimum absolute atomic E-state index is 0.0292. The van der Waals surface area contributed by atoms with E-state index in [2.05, 4.69) is 15.0 Å². The summed E-state index contributed by atoms with van der Waals surface area (Å²) in [6, 6.07) is 7.69. The van der Waals surface area contributed by atoms with Crippen molar-refractivity contribution in [3.63, 3.8) is 0 Å². The lowest BCUT2D eigenvalue weighted by Crippen LogP contribution is -2.31. The number of amides is 2. The second-order valence-electron chi connectivity index (χ2n) is 6.98. The van der Waals surface area contributed by atoms with Crippen molar-refractivity contribution < 1.29 is 14.0 Å². The van der Waals surface area contributed by atoms with Gasteiger partial charge in [0.05, 0.1) is 10.6 Å². The van der Waals surface area contributed by atoms with Crippen LogP contribution < -0.4 is 4.90 Å². The standard InChI is InChI=1S/C21H20FN5O2S/c1-14-19(17(28)7-8-18-23-9-2-10-24-18)30-20(25-14)27-12-11-26(21(27)29)13-15-3-5-16(22)6-4-15/h2-6,9-10H,7-8,11-13H2,1H3. The Hall–Kier alpha value is -3.20. The van der Waals surface area contributed by atoms with E-state index < -0.39 is 0 Å². The zero-order valence-electron chi connectivity index (χ0n) is 16.4. The van der Waals surface area contributed by atoms with Gasteiger partial charge in [0.2, 0.25) is 0 Å². The Morgan fingerprint density at radius 2 is 1.90 bits per heavy atom. The molecular formula is C21H20FN5O2S. The monoisotopic (exact) mass is 425 g/mol. The largest absolute Gasteiger partial charge is 0.326 e. The average molecular weight is 425 g/mol. The second kappa shape index (κ2) is 8.66. The zero-order valence-corrected chi connectivity index (χ0v) is 17.2. The number of aryl methyl sites for hydroxylation is 2. The highest BCUT2D eigenvalue weighted by Gasteiger charge is 2.32. The zero-order chi connectivity index (χ0) is 21.1. The second-order valence-corrected chi connectivity index (χ2v) is 7.96. The van der Waals surface area contributed by atoms with Gasteiger partial charge in [0.1, 0.15) is 11.6 Å². The minimum Gasteiger partial charge on any atom is -0.318 e. The van der Waals surface area contributed by atoms with E-state index in [4.69, 9.17) is 0 Å². The fourth-order valence-electron chi connectivity index (χ4n) is 3.27. The van der Waals surface area contributed by atoms with Crippen LogP contribution in [0.15, 0.2) is 42.7 Å². The SMILES string of the molecule is Cc1nc(N2CCN(Cc3ccc(F)cc3)C2=O)sc1C(=O)CCc1ncccn1. The number of halogens is 1. The van der Waals surface area contributed by atoms with Gasteiger partial charge in [-0.1, -0.05) is 23.5 Å². The molecule has 30 heavy (non-hydrogen) atoms. The molecule has 2 amide bonds. The maximum atomic E-state index is 13.1. The molecule has 0 radical (unpaired) electrons. The number of aromatic nitrogens is 3. The molecule has 3 heterocycles. The molecule has 0 N–H and O–H groups in total. The Kier molecular flexibility index (Phi) is 5.80. The van der Waals surface area contributed by atoms with E-state index >= 15 is 0 Å². The van der Waals surface area contributed by atoms with Gasteiger partial charge in [0.15, 0.2) is 10.9 Å². The summed E-state index contributed by atoms with van der Waals surface area (Å²) < 4.78 is 13.1. The lowest BCUT2D eigenvalue weighted by molar-refractivity contribution is 0.0985. The molecule has 1 aromatic carbocycles. The Balaban J connectivity index is 1.41. The molecule has 1 fully saturated rings. The van der Waals surface area contributed by atoms with Crippen molar-refractivity contribution in [1.82, 2.24) is 19.9 Å². The van der Waals surface area contributed by atoms with Crippen LogP contribution in [0.3, 0.4) is 0 Å². The van der Waals surface area contributed by atoms with Crippen LogP contribution in [-0.4, -0.2) is 44.8 Å². The molecule has 1 aliphatic heterocycles. The Bertz CT molecular complexity index is 1060. The molecule has 3 aromatic rings. The predicted octanol–water partition coefficient (Wildman–Crippen LogP) is 3.64. The Morgan fingerprint density at radius 1 is 1.17 bits per heavy atom. The van der Waals surface area contributed by atoms with Crippen molar-refractivity contribution in [3.05, 3.63) is 70.5 Å². The normalized spacial score (nSPS) is 13.9. The van der Waals surface area contributed by atoms with Crippen LogP contribution in [0.25, 0.3) is 0 Å². The van der Waals surface area contributed by atoms with Gasteiger partial charge in [-0.25, -0.2) is 24.1 Å². The van der Waals surface area contributed by atoms with E-state index in [1.165, 1.54) is 23.5 Å². The van der Waals surface area contributed by atoms with Crippen LogP contribution in [-0.2, 0) is 13.0 Å². The van der Waals surface area contributed by atoms with E-state index in [0.717, 1.165) is 5.56 Å². The van der Waals surface area contributed by atoms with E-state index in [1.807, 2.05) is 0 Å². The smallest absolute Gasteiger partial charge is 0.318 e. The number of thiazole rings is 1. The Morgan fingerprint density at radius 3 is 2.63 bits per heavy atom. The molecule has 0 atom stereocenters. The summed E-state index contributed by atoms with van der Waals surface area (Å²) in [5.74, 6) is 0.292. The third-order valence-corrected chi connectivity index (χ3v) is 6.07.